The molecule has 24 heavy (non-hydrogen) atoms. The van der Waals surface area contributed by atoms with Gasteiger partial charge in [0.2, 0.25) is 5.91 Å². The van der Waals surface area contributed by atoms with E-state index in [9.17, 15) is 13.2 Å². The van der Waals surface area contributed by atoms with Crippen LogP contribution in [0, 0.1) is 5.41 Å². The van der Waals surface area contributed by atoms with Crippen LogP contribution in [0.15, 0.2) is 30.3 Å². The van der Waals surface area contributed by atoms with Gasteiger partial charge >= 0.3 is 0 Å². The van der Waals surface area contributed by atoms with Gasteiger partial charge in [0.1, 0.15) is 5.75 Å². The second-order valence-electron chi connectivity index (χ2n) is 6.82. The number of rotatable bonds is 3. The first-order valence-corrected chi connectivity index (χ1v) is 10.1. The van der Waals surface area contributed by atoms with Crippen molar-refractivity contribution in [1.29, 1.82) is 0 Å². The summed E-state index contributed by atoms with van der Waals surface area (Å²) < 4.78 is 28.8. The Morgan fingerprint density at radius 3 is 2.88 bits per heavy atom. The molecule has 5 nitrogen and oxygen atoms in total. The summed E-state index contributed by atoms with van der Waals surface area (Å²) >= 11 is 0. The van der Waals surface area contributed by atoms with Gasteiger partial charge in [-0.05, 0) is 43.0 Å². The molecule has 3 rings (SSSR count). The van der Waals surface area contributed by atoms with Gasteiger partial charge in [-0.3, -0.25) is 4.79 Å². The van der Waals surface area contributed by atoms with E-state index >= 15 is 0 Å². The first-order chi connectivity index (χ1) is 11.4. The highest BCUT2D eigenvalue weighted by Crippen LogP contribution is 2.40. The second kappa shape index (κ2) is 6.59. The van der Waals surface area contributed by atoms with Crippen molar-refractivity contribution in [2.45, 2.75) is 19.3 Å². The molecule has 1 unspecified atom stereocenters. The number of piperidine rings is 1. The Bertz CT molecular complexity index is 756. The van der Waals surface area contributed by atoms with Gasteiger partial charge in [-0.1, -0.05) is 12.1 Å². The van der Waals surface area contributed by atoms with Crippen LogP contribution >= 0.6 is 0 Å². The summed E-state index contributed by atoms with van der Waals surface area (Å²) in [6.07, 6.45) is 5.79. The minimum absolute atomic E-state index is 0.0545. The van der Waals surface area contributed by atoms with Gasteiger partial charge in [0.05, 0.1) is 18.6 Å². The number of benzene rings is 1. The fraction of sp³-hybridized carbons (Fsp3) is 0.500. The molecule has 1 aromatic rings. The molecule has 130 valence electrons. The van der Waals surface area contributed by atoms with Crippen LogP contribution in [0.5, 0.6) is 5.75 Å². The molecular weight excluding hydrogens is 326 g/mol. The zero-order valence-corrected chi connectivity index (χ0v) is 14.7. The third-order valence-electron chi connectivity index (χ3n) is 4.95. The summed E-state index contributed by atoms with van der Waals surface area (Å²) in [5.41, 5.74) is 0.675. The Hall–Kier alpha value is -1.82. The lowest BCUT2D eigenvalue weighted by Gasteiger charge is -2.39. The topological polar surface area (TPSA) is 63.7 Å². The Balaban J connectivity index is 1.67. The van der Waals surface area contributed by atoms with E-state index in [2.05, 4.69) is 0 Å². The fourth-order valence-corrected chi connectivity index (χ4v) is 5.92. The smallest absolute Gasteiger partial charge is 0.246 e. The molecule has 0 aromatic heterocycles. The number of likely N-dealkylation sites (tertiary alicyclic amines) is 1. The number of amides is 1. The van der Waals surface area contributed by atoms with E-state index in [4.69, 9.17) is 4.74 Å². The van der Waals surface area contributed by atoms with Crippen LogP contribution in [0.2, 0.25) is 0 Å². The first-order valence-electron chi connectivity index (χ1n) is 8.23. The lowest BCUT2D eigenvalue weighted by atomic mass is 9.79. The van der Waals surface area contributed by atoms with Crippen molar-refractivity contribution >= 4 is 21.8 Å². The molecule has 6 heteroatoms. The third-order valence-corrected chi connectivity index (χ3v) is 6.83. The van der Waals surface area contributed by atoms with Crippen LogP contribution in [0.4, 0.5) is 0 Å². The van der Waals surface area contributed by atoms with E-state index < -0.39 is 9.84 Å². The highest BCUT2D eigenvalue weighted by Gasteiger charge is 2.45. The second-order valence-corrected chi connectivity index (χ2v) is 9.00. The van der Waals surface area contributed by atoms with Crippen molar-refractivity contribution in [3.63, 3.8) is 0 Å². The van der Waals surface area contributed by atoms with E-state index in [1.54, 1.807) is 24.2 Å². The van der Waals surface area contributed by atoms with E-state index in [-0.39, 0.29) is 22.8 Å². The molecule has 0 N–H and O–H groups in total. The molecule has 1 aromatic carbocycles. The van der Waals surface area contributed by atoms with Crippen molar-refractivity contribution in [2.24, 2.45) is 5.41 Å². The van der Waals surface area contributed by atoms with Gasteiger partial charge in [0, 0.05) is 24.6 Å². The van der Waals surface area contributed by atoms with Crippen LogP contribution in [0.1, 0.15) is 24.8 Å². The number of hydrogen-bond acceptors (Lipinski definition) is 4. The molecule has 0 radical (unpaired) electrons. The number of hydrogen-bond donors (Lipinski definition) is 0. The van der Waals surface area contributed by atoms with Crippen molar-refractivity contribution in [2.75, 3.05) is 31.7 Å². The van der Waals surface area contributed by atoms with Gasteiger partial charge in [0.15, 0.2) is 9.84 Å². The normalized spacial score (nSPS) is 26.1. The molecule has 0 bridgehead atoms. The lowest BCUT2D eigenvalue weighted by molar-refractivity contribution is -0.129. The molecule has 2 heterocycles. The minimum atomic E-state index is -2.94. The number of ether oxygens (including phenoxy) is 1. The van der Waals surface area contributed by atoms with Gasteiger partial charge < -0.3 is 9.64 Å². The number of carbonyl (C=O) groups excluding carboxylic acids is 1. The average molecular weight is 349 g/mol. The number of sulfone groups is 1. The van der Waals surface area contributed by atoms with Crippen molar-refractivity contribution in [1.82, 2.24) is 4.90 Å². The van der Waals surface area contributed by atoms with Gasteiger partial charge in [0.25, 0.3) is 0 Å². The first kappa shape index (κ1) is 17.0. The molecule has 0 aliphatic carbocycles. The van der Waals surface area contributed by atoms with Crippen molar-refractivity contribution < 1.29 is 17.9 Å². The summed E-state index contributed by atoms with van der Waals surface area (Å²) in [5.74, 6) is 1.18. The largest absolute Gasteiger partial charge is 0.497 e. The van der Waals surface area contributed by atoms with Gasteiger partial charge in [-0.2, -0.15) is 0 Å². The van der Waals surface area contributed by atoms with Crippen LogP contribution in [-0.4, -0.2) is 50.9 Å². The quantitative estimate of drug-likeness (QED) is 0.784. The fourth-order valence-electron chi connectivity index (χ4n) is 3.72. The molecule has 2 aliphatic rings. The minimum Gasteiger partial charge on any atom is -0.497 e. The summed E-state index contributed by atoms with van der Waals surface area (Å²) in [4.78, 5) is 14.3. The monoisotopic (exact) mass is 349 g/mol. The molecule has 1 amide bonds. The zero-order chi connectivity index (χ0) is 17.2. The van der Waals surface area contributed by atoms with E-state index in [0.717, 1.165) is 24.2 Å². The Kier molecular flexibility index (Phi) is 4.67. The standard InChI is InChI=1S/C18H23NO4S/c1-23-16-5-2-4-15(12-16)6-7-17(20)19-10-3-8-18(13-19)9-11-24(21,22)14-18/h2,4-7,12H,3,8-11,13-14H2,1H3. The zero-order valence-electron chi connectivity index (χ0n) is 13.9. The maximum absolute atomic E-state index is 12.5. The number of carbonyl (C=O) groups is 1. The summed E-state index contributed by atoms with van der Waals surface area (Å²) in [7, 11) is -1.33. The van der Waals surface area contributed by atoms with Gasteiger partial charge in [-0.15, -0.1) is 0 Å². The Morgan fingerprint density at radius 1 is 1.33 bits per heavy atom. The summed E-state index contributed by atoms with van der Waals surface area (Å²) in [6.45, 7) is 1.25. The average Bonchev–Trinajstić information content (AvgIpc) is 2.87. The molecule has 1 atom stereocenters. The Morgan fingerprint density at radius 2 is 2.17 bits per heavy atom. The molecule has 2 fully saturated rings. The molecule has 1 spiro atoms. The highest BCUT2D eigenvalue weighted by atomic mass is 32.2. The van der Waals surface area contributed by atoms with E-state index in [1.807, 2.05) is 24.3 Å². The lowest BCUT2D eigenvalue weighted by Crippen LogP contribution is -2.46. The predicted molar refractivity (Wildman–Crippen MR) is 93.5 cm³/mol. The maximum atomic E-state index is 12.5. The van der Waals surface area contributed by atoms with Crippen LogP contribution in [0.25, 0.3) is 6.08 Å². The van der Waals surface area contributed by atoms with E-state index in [1.165, 1.54) is 0 Å². The van der Waals surface area contributed by atoms with Gasteiger partial charge in [-0.25, -0.2) is 8.42 Å². The van der Waals surface area contributed by atoms with E-state index in [0.29, 0.717) is 19.5 Å². The summed E-state index contributed by atoms with van der Waals surface area (Å²) in [5, 5.41) is 0. The SMILES string of the molecule is COc1cccc(C=CC(=O)N2CCCC3(CCS(=O)(=O)C3)C2)c1. The van der Waals surface area contributed by atoms with Crippen LogP contribution in [-0.2, 0) is 14.6 Å². The number of methoxy groups -OCH3 is 1. The third kappa shape index (κ3) is 3.80. The molecule has 0 saturated carbocycles. The molecular formula is C18H23NO4S. The van der Waals surface area contributed by atoms with Crippen molar-refractivity contribution in [3.8, 4) is 5.75 Å². The molecule has 2 saturated heterocycles. The number of nitrogens with zero attached hydrogens (tertiary/aromatic N) is 1. The highest BCUT2D eigenvalue weighted by molar-refractivity contribution is 7.91. The summed E-state index contributed by atoms with van der Waals surface area (Å²) in [6, 6.07) is 7.51. The van der Waals surface area contributed by atoms with Crippen LogP contribution in [0.3, 0.4) is 0 Å². The maximum Gasteiger partial charge on any atom is 0.246 e. The Labute approximate surface area is 143 Å². The van der Waals surface area contributed by atoms with Crippen LogP contribution < -0.4 is 4.74 Å². The molecule has 2 aliphatic heterocycles. The van der Waals surface area contributed by atoms with Crippen molar-refractivity contribution in [3.05, 3.63) is 35.9 Å². The predicted octanol–water partition coefficient (Wildman–Crippen LogP) is 2.14.